The van der Waals surface area contributed by atoms with Gasteiger partial charge in [0.2, 0.25) is 4.04 Å². The summed E-state index contributed by atoms with van der Waals surface area (Å²) >= 11 is 11.9. The van der Waals surface area contributed by atoms with E-state index in [4.69, 9.17) is 21.1 Å². The van der Waals surface area contributed by atoms with Crippen molar-refractivity contribution in [3.63, 3.8) is 0 Å². The van der Waals surface area contributed by atoms with E-state index in [0.717, 1.165) is 0 Å². The van der Waals surface area contributed by atoms with E-state index < -0.39 is 32.5 Å². The van der Waals surface area contributed by atoms with Gasteiger partial charge >= 0.3 is 5.97 Å². The average molecular weight is 535 g/mol. The molecule has 0 spiro atoms. The lowest BCUT2D eigenvalue weighted by atomic mass is 10.1. The van der Waals surface area contributed by atoms with Crippen LogP contribution in [0.25, 0.3) is 0 Å². The van der Waals surface area contributed by atoms with Gasteiger partial charge in [-0.25, -0.2) is 4.39 Å². The van der Waals surface area contributed by atoms with Gasteiger partial charge in [-0.3, -0.25) is 4.79 Å². The summed E-state index contributed by atoms with van der Waals surface area (Å²) in [5.41, 5.74) is 0.252. The predicted molar refractivity (Wildman–Crippen MR) is 114 cm³/mol. The van der Waals surface area contributed by atoms with E-state index in [0.29, 0.717) is 11.3 Å². The second-order valence-electron chi connectivity index (χ2n) is 7.38. The summed E-state index contributed by atoms with van der Waals surface area (Å²) in [6, 6.07) is 18.4. The summed E-state index contributed by atoms with van der Waals surface area (Å²) in [6.07, 6.45) is -0.906. The van der Waals surface area contributed by atoms with Crippen molar-refractivity contribution >= 4 is 49.4 Å². The number of alkyl halides is 4. The molecule has 5 atom stereocenters. The molecule has 0 aliphatic heterocycles. The molecule has 1 aliphatic rings. The third-order valence-electron chi connectivity index (χ3n) is 5.07. The van der Waals surface area contributed by atoms with Crippen molar-refractivity contribution in [1.29, 1.82) is 0 Å². The quantitative estimate of drug-likeness (QED) is 0.228. The van der Waals surface area contributed by atoms with Crippen LogP contribution >= 0.6 is 43.5 Å². The summed E-state index contributed by atoms with van der Waals surface area (Å²) in [7, 11) is 0. The Morgan fingerprint density at radius 2 is 1.68 bits per heavy atom. The highest BCUT2D eigenvalue weighted by molar-refractivity contribution is 9.13. The normalized spacial score (nSPS) is 24.5. The van der Waals surface area contributed by atoms with Crippen molar-refractivity contribution in [3.8, 4) is 5.75 Å². The Bertz CT molecular complexity index is 811. The van der Waals surface area contributed by atoms with Crippen molar-refractivity contribution in [2.45, 2.75) is 29.0 Å². The number of benzene rings is 2. The number of rotatable bonds is 7. The van der Waals surface area contributed by atoms with Gasteiger partial charge in [0.15, 0.2) is 0 Å². The lowest BCUT2D eigenvalue weighted by Gasteiger charge is -2.21. The number of halogens is 4. The lowest BCUT2D eigenvalue weighted by Crippen LogP contribution is -2.25. The summed E-state index contributed by atoms with van der Waals surface area (Å²) in [4.78, 5) is 12.2. The Balaban J connectivity index is 1.78. The summed E-state index contributed by atoms with van der Waals surface area (Å²) in [5.74, 6) is -0.695. The van der Waals surface area contributed by atoms with Gasteiger partial charge in [0, 0.05) is 5.56 Å². The zero-order chi connectivity index (χ0) is 20.5. The molecule has 3 rings (SSSR count). The zero-order valence-corrected chi connectivity index (χ0v) is 19.2. The molecular weight excluding hydrogens is 514 g/mol. The molecule has 0 saturated heterocycles. The van der Waals surface area contributed by atoms with Gasteiger partial charge in [-0.2, -0.15) is 0 Å². The second kappa shape index (κ2) is 8.33. The van der Waals surface area contributed by atoms with Crippen LogP contribution in [0.3, 0.4) is 0 Å². The van der Waals surface area contributed by atoms with Gasteiger partial charge in [0.25, 0.3) is 6.29 Å². The molecule has 2 aromatic rings. The van der Waals surface area contributed by atoms with Crippen molar-refractivity contribution in [3.05, 3.63) is 66.2 Å². The molecule has 0 bridgehead atoms. The first kappa shape index (κ1) is 21.6. The lowest BCUT2D eigenvalue weighted by molar-refractivity contribution is -0.167. The highest BCUT2D eigenvalue weighted by Crippen LogP contribution is 2.65. The molecule has 1 aliphatic carbocycles. The first-order valence-electron chi connectivity index (χ1n) is 8.80. The van der Waals surface area contributed by atoms with Crippen LogP contribution in [0.1, 0.15) is 25.7 Å². The highest BCUT2D eigenvalue weighted by Gasteiger charge is 2.68. The van der Waals surface area contributed by atoms with Crippen LogP contribution in [0.4, 0.5) is 4.39 Å². The molecule has 0 amide bonds. The van der Waals surface area contributed by atoms with E-state index in [1.807, 2.05) is 62.4 Å². The monoisotopic (exact) mass is 532 g/mol. The number of hydrogen-bond donors (Lipinski definition) is 0. The SMILES string of the molecule is CC1(C)[C@@H]([C@H](Br)[C@@](F)(Cl)Br)[C@H]1C(=O)OC(Oc1ccccc1)c1ccccc1. The van der Waals surface area contributed by atoms with E-state index >= 15 is 0 Å². The minimum atomic E-state index is -2.15. The molecule has 0 radical (unpaired) electrons. The van der Waals surface area contributed by atoms with Crippen LogP contribution in [0.15, 0.2) is 60.7 Å². The van der Waals surface area contributed by atoms with Gasteiger partial charge in [-0.1, -0.05) is 89.9 Å². The number of hydrogen-bond acceptors (Lipinski definition) is 3. The smallest absolute Gasteiger partial charge is 0.313 e. The predicted octanol–water partition coefficient (Wildman–Crippen LogP) is 6.60. The number of carbonyl (C=O) groups is 1. The molecule has 7 heteroatoms. The van der Waals surface area contributed by atoms with E-state index in [1.165, 1.54) is 0 Å². The Morgan fingerprint density at radius 1 is 1.14 bits per heavy atom. The maximum Gasteiger partial charge on any atom is 0.313 e. The summed E-state index contributed by atoms with van der Waals surface area (Å²) in [6.45, 7) is 3.78. The van der Waals surface area contributed by atoms with Crippen LogP contribution in [0.2, 0.25) is 0 Å². The number of ether oxygens (including phenoxy) is 2. The van der Waals surface area contributed by atoms with Crippen molar-refractivity contribution in [2.24, 2.45) is 17.3 Å². The summed E-state index contributed by atoms with van der Waals surface area (Å²) < 4.78 is 23.6. The van der Waals surface area contributed by atoms with Crippen molar-refractivity contribution < 1.29 is 18.7 Å². The number of para-hydroxylation sites is 1. The van der Waals surface area contributed by atoms with E-state index in [9.17, 15) is 9.18 Å². The van der Waals surface area contributed by atoms with Crippen LogP contribution in [0.5, 0.6) is 5.75 Å². The highest BCUT2D eigenvalue weighted by atomic mass is 79.9. The van der Waals surface area contributed by atoms with Crippen LogP contribution < -0.4 is 4.74 Å². The third-order valence-corrected chi connectivity index (χ3v) is 7.88. The fraction of sp³-hybridized carbons (Fsp3) is 0.381. The second-order valence-corrected chi connectivity index (χ2v) is 10.5. The molecule has 0 heterocycles. The minimum absolute atomic E-state index is 0.324. The van der Waals surface area contributed by atoms with Gasteiger partial charge < -0.3 is 9.47 Å². The molecule has 150 valence electrons. The fourth-order valence-electron chi connectivity index (χ4n) is 3.45. The Kier molecular flexibility index (Phi) is 6.42. The third kappa shape index (κ3) is 4.71. The average Bonchev–Trinajstić information content (AvgIpc) is 3.23. The number of esters is 1. The molecule has 1 fully saturated rings. The topological polar surface area (TPSA) is 35.5 Å². The molecule has 0 N–H and O–H groups in total. The molecule has 1 unspecified atom stereocenters. The standard InChI is InChI=1S/C21H20Br2ClFO3/c1-20(2)15(17(22)21(23,24)25)16(20)18(26)28-19(13-9-5-3-6-10-13)27-14-11-7-4-8-12-14/h3-12,15-17,19H,1-2H3/t15-,16+,17+,19?,21+/m1/s1. The molecule has 3 nitrogen and oxygen atoms in total. The van der Waals surface area contributed by atoms with Crippen molar-refractivity contribution in [2.75, 3.05) is 0 Å². The van der Waals surface area contributed by atoms with Gasteiger partial charge in [0.05, 0.1) is 10.7 Å². The minimum Gasteiger partial charge on any atom is -0.450 e. The molecule has 0 aromatic heterocycles. The van der Waals surface area contributed by atoms with Gasteiger partial charge in [-0.05, 0) is 39.4 Å². The zero-order valence-electron chi connectivity index (χ0n) is 15.3. The van der Waals surface area contributed by atoms with E-state index in [1.54, 1.807) is 12.1 Å². The van der Waals surface area contributed by atoms with E-state index in [2.05, 4.69) is 31.9 Å². The fourth-order valence-corrected chi connectivity index (χ4v) is 4.86. The molecule has 2 aromatic carbocycles. The Hall–Kier alpha value is -1.11. The van der Waals surface area contributed by atoms with Gasteiger partial charge in [0.1, 0.15) is 5.75 Å². The van der Waals surface area contributed by atoms with Crippen LogP contribution in [0, 0.1) is 17.3 Å². The van der Waals surface area contributed by atoms with E-state index in [-0.39, 0.29) is 5.92 Å². The maximum absolute atomic E-state index is 14.1. The first-order valence-corrected chi connectivity index (χ1v) is 10.9. The number of carbonyl (C=O) groups excluding carboxylic acids is 1. The Labute approximate surface area is 185 Å². The van der Waals surface area contributed by atoms with Crippen LogP contribution in [-0.2, 0) is 9.53 Å². The molecule has 28 heavy (non-hydrogen) atoms. The summed E-state index contributed by atoms with van der Waals surface area (Å²) in [5, 5.41) is 0. The van der Waals surface area contributed by atoms with Gasteiger partial charge in [-0.15, -0.1) is 0 Å². The molecule has 1 saturated carbocycles. The Morgan fingerprint density at radius 3 is 2.21 bits per heavy atom. The largest absolute Gasteiger partial charge is 0.450 e. The van der Waals surface area contributed by atoms with Crippen LogP contribution in [-0.4, -0.2) is 14.8 Å². The molecular formula is C21H20Br2ClFO3. The first-order chi connectivity index (χ1) is 13.1. The van der Waals surface area contributed by atoms with Crippen molar-refractivity contribution in [1.82, 2.24) is 0 Å². The maximum atomic E-state index is 14.1.